The van der Waals surface area contributed by atoms with Crippen molar-refractivity contribution in [2.45, 2.75) is 13.3 Å². The van der Waals surface area contributed by atoms with Crippen molar-refractivity contribution in [2.75, 3.05) is 5.32 Å². The lowest BCUT2D eigenvalue weighted by atomic mass is 10.1. The number of hydrogen-bond acceptors (Lipinski definition) is 2. The molecule has 0 unspecified atom stereocenters. The largest absolute Gasteiger partial charge is 0.322 e. The molecule has 1 N–H and O–H groups in total. The Hall–Kier alpha value is -2.12. The molecule has 0 radical (unpaired) electrons. The third kappa shape index (κ3) is 3.25. The van der Waals surface area contributed by atoms with Crippen LogP contribution in [0.25, 0.3) is 0 Å². The van der Waals surface area contributed by atoms with Crippen molar-refractivity contribution in [1.82, 2.24) is 0 Å². The topological polar surface area (TPSA) is 52.9 Å². The number of nitrogens with one attached hydrogen (secondary N) is 1. The highest BCUT2D eigenvalue weighted by molar-refractivity contribution is 9.10. The van der Waals surface area contributed by atoms with E-state index in [-0.39, 0.29) is 5.91 Å². The summed E-state index contributed by atoms with van der Waals surface area (Å²) in [6.07, 6.45) is 0.827. The van der Waals surface area contributed by atoms with Gasteiger partial charge in [-0.3, -0.25) is 4.79 Å². The molecule has 100 valence electrons. The summed E-state index contributed by atoms with van der Waals surface area (Å²) >= 11 is 3.42. The van der Waals surface area contributed by atoms with Gasteiger partial charge in [-0.25, -0.2) is 0 Å². The van der Waals surface area contributed by atoms with Gasteiger partial charge in [-0.2, -0.15) is 5.26 Å². The molecule has 0 aromatic heterocycles. The van der Waals surface area contributed by atoms with Gasteiger partial charge in [0.25, 0.3) is 5.91 Å². The van der Waals surface area contributed by atoms with Crippen LogP contribution in [0, 0.1) is 11.3 Å². The number of halogens is 1. The third-order valence-corrected chi connectivity index (χ3v) is 3.44. The maximum absolute atomic E-state index is 12.2. The fourth-order valence-electron chi connectivity index (χ4n) is 1.90. The molecule has 0 aliphatic carbocycles. The molecule has 2 aromatic rings. The van der Waals surface area contributed by atoms with E-state index >= 15 is 0 Å². The maximum Gasteiger partial charge on any atom is 0.255 e. The predicted octanol–water partition coefficient (Wildman–Crippen LogP) is 4.14. The molecule has 0 heterocycles. The van der Waals surface area contributed by atoms with Gasteiger partial charge in [0.1, 0.15) is 0 Å². The van der Waals surface area contributed by atoms with Crippen molar-refractivity contribution < 1.29 is 4.79 Å². The summed E-state index contributed by atoms with van der Waals surface area (Å²) in [4.78, 5) is 12.2. The summed E-state index contributed by atoms with van der Waals surface area (Å²) in [5.74, 6) is -0.209. The van der Waals surface area contributed by atoms with Crippen molar-refractivity contribution in [1.29, 1.82) is 5.26 Å². The van der Waals surface area contributed by atoms with Gasteiger partial charge < -0.3 is 5.32 Å². The van der Waals surface area contributed by atoms with Crippen LogP contribution in [0.5, 0.6) is 0 Å². The van der Waals surface area contributed by atoms with Crippen molar-refractivity contribution >= 4 is 27.5 Å². The van der Waals surface area contributed by atoms with E-state index in [1.54, 1.807) is 24.3 Å². The number of anilines is 1. The lowest BCUT2D eigenvalue weighted by molar-refractivity contribution is 0.102. The van der Waals surface area contributed by atoms with Crippen LogP contribution in [-0.2, 0) is 6.42 Å². The minimum atomic E-state index is -0.209. The molecular weight excluding hydrogens is 316 g/mol. The van der Waals surface area contributed by atoms with E-state index in [1.165, 1.54) is 0 Å². The first-order valence-corrected chi connectivity index (χ1v) is 7.03. The molecular formula is C16H13BrN2O. The Labute approximate surface area is 126 Å². The summed E-state index contributed by atoms with van der Waals surface area (Å²) in [7, 11) is 0. The van der Waals surface area contributed by atoms with Crippen molar-refractivity contribution in [3.8, 4) is 6.07 Å². The number of carbonyl (C=O) groups excluding carboxylic acids is 1. The lowest BCUT2D eigenvalue weighted by Crippen LogP contribution is -2.13. The molecule has 0 saturated heterocycles. The number of aryl methyl sites for hydroxylation is 1. The Morgan fingerprint density at radius 2 is 2.10 bits per heavy atom. The number of nitrogens with zero attached hydrogens (tertiary/aromatic N) is 1. The van der Waals surface area contributed by atoms with Gasteiger partial charge in [-0.1, -0.05) is 28.9 Å². The molecule has 0 fully saturated rings. The molecule has 2 rings (SSSR count). The van der Waals surface area contributed by atoms with Crippen LogP contribution >= 0.6 is 15.9 Å². The van der Waals surface area contributed by atoms with Gasteiger partial charge in [0.2, 0.25) is 0 Å². The van der Waals surface area contributed by atoms with E-state index in [9.17, 15) is 4.79 Å². The average Bonchev–Trinajstić information content (AvgIpc) is 2.49. The van der Waals surface area contributed by atoms with Crippen molar-refractivity contribution in [3.63, 3.8) is 0 Å². The van der Waals surface area contributed by atoms with Gasteiger partial charge in [0, 0.05) is 15.7 Å². The zero-order chi connectivity index (χ0) is 14.5. The summed E-state index contributed by atoms with van der Waals surface area (Å²) in [5.41, 5.74) is 2.81. The minimum absolute atomic E-state index is 0.209. The van der Waals surface area contributed by atoms with Gasteiger partial charge >= 0.3 is 0 Å². The number of amides is 1. The first-order valence-electron chi connectivity index (χ1n) is 6.24. The Morgan fingerprint density at radius 1 is 1.30 bits per heavy atom. The Morgan fingerprint density at radius 3 is 2.80 bits per heavy atom. The van der Waals surface area contributed by atoms with E-state index in [0.717, 1.165) is 22.1 Å². The highest BCUT2D eigenvalue weighted by Crippen LogP contribution is 2.22. The Kier molecular flexibility index (Phi) is 4.54. The molecule has 4 heteroatoms. The molecule has 20 heavy (non-hydrogen) atoms. The SMILES string of the molecule is CCc1cc(Br)ccc1NC(=O)c1cccc(C#N)c1. The van der Waals surface area contributed by atoms with E-state index in [4.69, 9.17) is 5.26 Å². The van der Waals surface area contributed by atoms with Crippen LogP contribution in [0.3, 0.4) is 0 Å². The second-order valence-corrected chi connectivity index (χ2v) is 5.22. The lowest BCUT2D eigenvalue weighted by Gasteiger charge is -2.10. The quantitative estimate of drug-likeness (QED) is 0.920. The second-order valence-electron chi connectivity index (χ2n) is 4.30. The zero-order valence-electron chi connectivity index (χ0n) is 11.0. The fraction of sp³-hybridized carbons (Fsp3) is 0.125. The van der Waals surface area contributed by atoms with Crippen LogP contribution in [0.2, 0.25) is 0 Å². The number of carbonyl (C=O) groups is 1. The molecule has 0 spiro atoms. The summed E-state index contributed by atoms with van der Waals surface area (Å²) in [5, 5.41) is 11.7. The van der Waals surface area contributed by atoms with E-state index in [2.05, 4.69) is 21.2 Å². The van der Waals surface area contributed by atoms with Crippen LogP contribution in [0.15, 0.2) is 46.9 Å². The highest BCUT2D eigenvalue weighted by atomic mass is 79.9. The Bertz CT molecular complexity index is 689. The van der Waals surface area contributed by atoms with Gasteiger partial charge in [0.15, 0.2) is 0 Å². The molecule has 1 amide bonds. The van der Waals surface area contributed by atoms with Gasteiger partial charge in [-0.05, 0) is 48.4 Å². The summed E-state index contributed by atoms with van der Waals surface area (Å²) in [6.45, 7) is 2.04. The molecule has 0 bridgehead atoms. The number of benzene rings is 2. The number of nitriles is 1. The first-order chi connectivity index (χ1) is 9.63. The molecule has 0 saturated carbocycles. The average molecular weight is 329 g/mol. The van der Waals surface area contributed by atoms with E-state index in [1.807, 2.05) is 31.2 Å². The van der Waals surface area contributed by atoms with Gasteiger partial charge in [-0.15, -0.1) is 0 Å². The monoisotopic (exact) mass is 328 g/mol. The maximum atomic E-state index is 12.2. The van der Waals surface area contributed by atoms with Crippen LogP contribution in [0.1, 0.15) is 28.4 Å². The Balaban J connectivity index is 2.25. The van der Waals surface area contributed by atoms with E-state index in [0.29, 0.717) is 11.1 Å². The van der Waals surface area contributed by atoms with Crippen LogP contribution in [0.4, 0.5) is 5.69 Å². The highest BCUT2D eigenvalue weighted by Gasteiger charge is 2.09. The fourth-order valence-corrected chi connectivity index (χ4v) is 2.31. The molecule has 0 aliphatic heterocycles. The number of hydrogen-bond donors (Lipinski definition) is 1. The molecule has 2 aromatic carbocycles. The molecule has 0 aliphatic rings. The van der Waals surface area contributed by atoms with Crippen LogP contribution in [-0.4, -0.2) is 5.91 Å². The smallest absolute Gasteiger partial charge is 0.255 e. The normalized spacial score (nSPS) is 9.85. The summed E-state index contributed by atoms with van der Waals surface area (Å²) < 4.78 is 0.985. The zero-order valence-corrected chi connectivity index (χ0v) is 12.6. The standard InChI is InChI=1S/C16H13BrN2O/c1-2-12-9-14(17)6-7-15(12)19-16(20)13-5-3-4-11(8-13)10-18/h3-9H,2H2,1H3,(H,19,20). The molecule has 0 atom stereocenters. The first kappa shape index (κ1) is 14.3. The second kappa shape index (κ2) is 6.36. The third-order valence-electron chi connectivity index (χ3n) is 2.95. The molecule has 3 nitrogen and oxygen atoms in total. The van der Waals surface area contributed by atoms with Crippen LogP contribution < -0.4 is 5.32 Å². The summed E-state index contributed by atoms with van der Waals surface area (Å²) in [6, 6.07) is 14.4. The van der Waals surface area contributed by atoms with Gasteiger partial charge in [0.05, 0.1) is 11.6 Å². The van der Waals surface area contributed by atoms with Crippen molar-refractivity contribution in [3.05, 3.63) is 63.6 Å². The van der Waals surface area contributed by atoms with Crippen molar-refractivity contribution in [2.24, 2.45) is 0 Å². The minimum Gasteiger partial charge on any atom is -0.322 e. The van der Waals surface area contributed by atoms with E-state index < -0.39 is 0 Å². The number of rotatable bonds is 3. The predicted molar refractivity (Wildman–Crippen MR) is 82.6 cm³/mol.